The molecule has 0 fully saturated rings. The largest absolute Gasteiger partial charge is 0.494 e. The van der Waals surface area contributed by atoms with Crippen LogP contribution in [0.15, 0.2) is 18.2 Å². The second-order valence-electron chi connectivity index (χ2n) is 4.28. The molecule has 0 aliphatic heterocycles. The van der Waals surface area contributed by atoms with Crippen molar-refractivity contribution in [2.24, 2.45) is 0 Å². The monoisotopic (exact) mass is 295 g/mol. The van der Waals surface area contributed by atoms with Gasteiger partial charge < -0.3 is 19.9 Å². The summed E-state index contributed by atoms with van der Waals surface area (Å²) in [7, 11) is 0. The van der Waals surface area contributed by atoms with Crippen molar-refractivity contribution in [1.82, 2.24) is 0 Å². The van der Waals surface area contributed by atoms with Gasteiger partial charge in [-0.1, -0.05) is 6.92 Å². The lowest BCUT2D eigenvalue weighted by atomic mass is 10.2. The molecular formula is C15H21NO5. The molecule has 1 atom stereocenters. The van der Waals surface area contributed by atoms with E-state index in [-0.39, 0.29) is 12.2 Å². The van der Waals surface area contributed by atoms with Crippen molar-refractivity contribution in [3.8, 4) is 5.75 Å². The summed E-state index contributed by atoms with van der Waals surface area (Å²) in [5.74, 6) is -0.709. The second kappa shape index (κ2) is 8.14. The lowest BCUT2D eigenvalue weighted by Crippen LogP contribution is -2.28. The maximum atomic E-state index is 12.1. The highest BCUT2D eigenvalue weighted by molar-refractivity contribution is 5.92. The Kier molecular flexibility index (Phi) is 6.52. The number of hydrogen-bond acceptors (Lipinski definition) is 6. The number of carbonyl (C=O) groups is 2. The summed E-state index contributed by atoms with van der Waals surface area (Å²) in [5.41, 5.74) is 6.34. The zero-order chi connectivity index (χ0) is 15.8. The number of esters is 2. The molecule has 0 radical (unpaired) electrons. The molecule has 6 heteroatoms. The van der Waals surface area contributed by atoms with Crippen LogP contribution in [0.2, 0.25) is 0 Å². The molecule has 21 heavy (non-hydrogen) atoms. The molecule has 0 saturated heterocycles. The Morgan fingerprint density at radius 3 is 2.43 bits per heavy atom. The first-order chi connectivity index (χ1) is 10.0. The Morgan fingerprint density at radius 2 is 1.86 bits per heavy atom. The third-order valence-corrected chi connectivity index (χ3v) is 2.65. The van der Waals surface area contributed by atoms with E-state index in [9.17, 15) is 9.59 Å². The number of benzene rings is 1. The number of ether oxygens (including phenoxy) is 3. The van der Waals surface area contributed by atoms with Crippen LogP contribution in [-0.4, -0.2) is 31.3 Å². The minimum atomic E-state index is -0.922. The van der Waals surface area contributed by atoms with Gasteiger partial charge in [0, 0.05) is 11.8 Å². The summed E-state index contributed by atoms with van der Waals surface area (Å²) in [5, 5.41) is 0. The van der Waals surface area contributed by atoms with Gasteiger partial charge in [0.25, 0.3) is 0 Å². The molecule has 0 bridgehead atoms. The predicted molar refractivity (Wildman–Crippen MR) is 78.2 cm³/mol. The number of hydrogen-bond donors (Lipinski definition) is 1. The molecule has 1 aromatic rings. The van der Waals surface area contributed by atoms with Crippen LogP contribution in [0.5, 0.6) is 5.75 Å². The first-order valence-corrected chi connectivity index (χ1v) is 6.92. The standard InChI is InChI=1S/C15H21NO5/c1-4-13(15(18)20-6-3)21-14(17)10-7-11(16)9-12(8-10)19-5-2/h7-9,13H,4-6,16H2,1-3H3. The van der Waals surface area contributed by atoms with E-state index < -0.39 is 18.0 Å². The molecule has 0 aliphatic rings. The summed E-state index contributed by atoms with van der Waals surface area (Å²) in [6.45, 7) is 5.95. The Morgan fingerprint density at radius 1 is 1.14 bits per heavy atom. The van der Waals surface area contributed by atoms with Crippen LogP contribution >= 0.6 is 0 Å². The fourth-order valence-corrected chi connectivity index (χ4v) is 1.72. The molecule has 0 amide bonds. The smallest absolute Gasteiger partial charge is 0.347 e. The molecule has 1 unspecified atom stereocenters. The number of rotatable bonds is 7. The van der Waals surface area contributed by atoms with Gasteiger partial charge in [0.15, 0.2) is 6.10 Å². The normalized spacial score (nSPS) is 11.6. The molecule has 0 heterocycles. The summed E-state index contributed by atoms with van der Waals surface area (Å²) in [6, 6.07) is 4.62. The average molecular weight is 295 g/mol. The molecule has 6 nitrogen and oxygen atoms in total. The van der Waals surface area contributed by atoms with Crippen molar-refractivity contribution in [3.63, 3.8) is 0 Å². The lowest BCUT2D eigenvalue weighted by Gasteiger charge is -2.15. The van der Waals surface area contributed by atoms with Crippen molar-refractivity contribution in [1.29, 1.82) is 0 Å². The van der Waals surface area contributed by atoms with Gasteiger partial charge >= 0.3 is 11.9 Å². The highest BCUT2D eigenvalue weighted by atomic mass is 16.6. The zero-order valence-corrected chi connectivity index (χ0v) is 12.5. The van der Waals surface area contributed by atoms with Gasteiger partial charge in [-0.2, -0.15) is 0 Å². The summed E-state index contributed by atoms with van der Waals surface area (Å²) in [4.78, 5) is 23.7. The van der Waals surface area contributed by atoms with Crippen molar-refractivity contribution in [2.75, 3.05) is 18.9 Å². The molecule has 2 N–H and O–H groups in total. The van der Waals surface area contributed by atoms with Crippen LogP contribution in [-0.2, 0) is 14.3 Å². The molecule has 1 aromatic carbocycles. The van der Waals surface area contributed by atoms with Crippen LogP contribution in [0.25, 0.3) is 0 Å². The highest BCUT2D eigenvalue weighted by Crippen LogP contribution is 2.20. The van der Waals surface area contributed by atoms with Gasteiger partial charge in [-0.15, -0.1) is 0 Å². The van der Waals surface area contributed by atoms with Crippen molar-refractivity contribution in [3.05, 3.63) is 23.8 Å². The summed E-state index contributed by atoms with van der Waals surface area (Å²) < 4.78 is 15.3. The van der Waals surface area contributed by atoms with E-state index in [0.717, 1.165) is 0 Å². The zero-order valence-electron chi connectivity index (χ0n) is 12.5. The van der Waals surface area contributed by atoms with Crippen molar-refractivity contribution in [2.45, 2.75) is 33.3 Å². The maximum Gasteiger partial charge on any atom is 0.347 e. The summed E-state index contributed by atoms with van der Waals surface area (Å²) in [6.07, 6.45) is -0.583. The lowest BCUT2D eigenvalue weighted by molar-refractivity contribution is -0.153. The minimum absolute atomic E-state index is 0.236. The van der Waals surface area contributed by atoms with E-state index in [1.54, 1.807) is 19.9 Å². The van der Waals surface area contributed by atoms with E-state index in [4.69, 9.17) is 19.9 Å². The number of nitrogen functional groups attached to an aromatic ring is 1. The van der Waals surface area contributed by atoms with Crippen molar-refractivity contribution >= 4 is 17.6 Å². The highest BCUT2D eigenvalue weighted by Gasteiger charge is 2.23. The van der Waals surface area contributed by atoms with E-state index in [2.05, 4.69) is 0 Å². The van der Waals surface area contributed by atoms with Crippen LogP contribution < -0.4 is 10.5 Å². The Hall–Kier alpha value is -2.24. The van der Waals surface area contributed by atoms with Crippen LogP contribution in [0.3, 0.4) is 0 Å². The third-order valence-electron chi connectivity index (χ3n) is 2.65. The van der Waals surface area contributed by atoms with E-state index >= 15 is 0 Å². The third kappa shape index (κ3) is 4.98. The second-order valence-corrected chi connectivity index (χ2v) is 4.28. The number of anilines is 1. The Bertz CT molecular complexity index is 501. The molecule has 0 saturated carbocycles. The fourth-order valence-electron chi connectivity index (χ4n) is 1.72. The minimum Gasteiger partial charge on any atom is -0.494 e. The van der Waals surface area contributed by atoms with E-state index in [1.165, 1.54) is 12.1 Å². The van der Waals surface area contributed by atoms with Gasteiger partial charge in [-0.25, -0.2) is 9.59 Å². The topological polar surface area (TPSA) is 87.9 Å². The Balaban J connectivity index is 2.85. The molecule has 0 spiro atoms. The van der Waals surface area contributed by atoms with Crippen molar-refractivity contribution < 1.29 is 23.8 Å². The van der Waals surface area contributed by atoms with Gasteiger partial charge in [0.1, 0.15) is 5.75 Å². The summed E-state index contributed by atoms with van der Waals surface area (Å²) >= 11 is 0. The van der Waals surface area contributed by atoms with Gasteiger partial charge in [0.2, 0.25) is 0 Å². The molecular weight excluding hydrogens is 274 g/mol. The maximum absolute atomic E-state index is 12.1. The quantitative estimate of drug-likeness (QED) is 0.612. The van der Waals surface area contributed by atoms with E-state index in [1.807, 2.05) is 6.92 Å². The van der Waals surface area contributed by atoms with Crippen LogP contribution in [0, 0.1) is 0 Å². The first-order valence-electron chi connectivity index (χ1n) is 6.92. The number of nitrogens with two attached hydrogens (primary N) is 1. The van der Waals surface area contributed by atoms with Crippen LogP contribution in [0.1, 0.15) is 37.6 Å². The SMILES string of the molecule is CCOC(=O)C(CC)OC(=O)c1cc(N)cc(OCC)c1. The molecule has 116 valence electrons. The van der Waals surface area contributed by atoms with Gasteiger partial charge in [0.05, 0.1) is 18.8 Å². The average Bonchev–Trinajstić information content (AvgIpc) is 2.44. The van der Waals surface area contributed by atoms with Gasteiger partial charge in [-0.05, 0) is 32.4 Å². The molecule has 0 aliphatic carbocycles. The number of carbonyl (C=O) groups excluding carboxylic acids is 2. The van der Waals surface area contributed by atoms with Gasteiger partial charge in [-0.3, -0.25) is 0 Å². The Labute approximate surface area is 124 Å². The fraction of sp³-hybridized carbons (Fsp3) is 0.467. The van der Waals surface area contributed by atoms with E-state index in [0.29, 0.717) is 24.5 Å². The first kappa shape index (κ1) is 16.8. The molecule has 1 rings (SSSR count). The predicted octanol–water partition coefficient (Wildman–Crippen LogP) is 2.17. The molecule has 0 aromatic heterocycles. The van der Waals surface area contributed by atoms with Crippen LogP contribution in [0.4, 0.5) is 5.69 Å².